The number of aryl methyl sites for hydroxylation is 1. The van der Waals surface area contributed by atoms with Crippen molar-refractivity contribution in [1.29, 1.82) is 5.26 Å². The predicted octanol–water partition coefficient (Wildman–Crippen LogP) is 5.38. The Morgan fingerprint density at radius 1 is 1.11 bits per heavy atom. The molecule has 0 fully saturated rings. The van der Waals surface area contributed by atoms with Crippen molar-refractivity contribution in [2.45, 2.75) is 46.6 Å². The first-order chi connectivity index (χ1) is 17.4. The van der Waals surface area contributed by atoms with E-state index in [-0.39, 0.29) is 11.8 Å². The number of nitriles is 1. The average Bonchev–Trinajstić information content (AvgIpc) is 3.22. The number of carbonyl (C=O) groups excluding carboxylic acids is 2. The van der Waals surface area contributed by atoms with Gasteiger partial charge in [0, 0.05) is 44.1 Å². The number of nitrogens with one attached hydrogen (secondary N) is 2. The first-order valence-electron chi connectivity index (χ1n) is 12.4. The van der Waals surface area contributed by atoms with Crippen molar-refractivity contribution in [3.05, 3.63) is 48.0 Å². The van der Waals surface area contributed by atoms with E-state index in [4.69, 9.17) is 10.00 Å². The van der Waals surface area contributed by atoms with Crippen LogP contribution in [0.1, 0.15) is 45.6 Å². The zero-order valence-corrected chi connectivity index (χ0v) is 21.4. The lowest BCUT2D eigenvalue weighted by molar-refractivity contribution is -0.122. The van der Waals surface area contributed by atoms with E-state index in [2.05, 4.69) is 21.7 Å². The highest BCUT2D eigenvalue weighted by atomic mass is 16.5. The molecule has 0 bridgehead atoms. The molecule has 1 aromatic heterocycles. The van der Waals surface area contributed by atoms with Crippen LogP contribution in [0.5, 0.6) is 0 Å². The van der Waals surface area contributed by atoms with Crippen molar-refractivity contribution in [2.24, 2.45) is 5.92 Å². The maximum atomic E-state index is 12.9. The molecule has 2 aromatic carbocycles. The van der Waals surface area contributed by atoms with Gasteiger partial charge >= 0.3 is 6.03 Å². The van der Waals surface area contributed by atoms with Gasteiger partial charge in [-0.2, -0.15) is 5.26 Å². The zero-order valence-electron chi connectivity index (χ0n) is 21.4. The van der Waals surface area contributed by atoms with Gasteiger partial charge in [0.1, 0.15) is 0 Å². The number of anilines is 3. The third kappa shape index (κ3) is 6.40. The molecule has 0 aliphatic rings. The van der Waals surface area contributed by atoms with Crippen LogP contribution in [0.25, 0.3) is 11.0 Å². The summed E-state index contributed by atoms with van der Waals surface area (Å²) in [5, 5.41) is 14.6. The molecule has 0 radical (unpaired) electrons. The molecule has 0 atom stereocenters. The quantitative estimate of drug-likeness (QED) is 0.351. The van der Waals surface area contributed by atoms with Crippen LogP contribution in [0.2, 0.25) is 0 Å². The molecule has 9 nitrogen and oxygen atoms in total. The molecule has 3 rings (SSSR count). The van der Waals surface area contributed by atoms with Crippen molar-refractivity contribution < 1.29 is 14.3 Å². The van der Waals surface area contributed by atoms with E-state index < -0.39 is 6.03 Å². The predicted molar refractivity (Wildman–Crippen MR) is 142 cm³/mol. The van der Waals surface area contributed by atoms with Crippen LogP contribution < -0.4 is 15.5 Å². The highest BCUT2D eigenvalue weighted by Gasteiger charge is 2.21. The van der Waals surface area contributed by atoms with Crippen molar-refractivity contribution in [2.75, 3.05) is 35.8 Å². The summed E-state index contributed by atoms with van der Waals surface area (Å²) in [6.45, 7) is 7.83. The van der Waals surface area contributed by atoms with E-state index in [0.717, 1.165) is 30.5 Å². The van der Waals surface area contributed by atoms with Crippen LogP contribution in [0, 0.1) is 17.2 Å². The maximum Gasteiger partial charge on any atom is 0.326 e. The number of hydrogen-bond donors (Lipinski definition) is 2. The molecule has 1 heterocycles. The molecule has 3 aromatic rings. The van der Waals surface area contributed by atoms with E-state index in [9.17, 15) is 9.59 Å². The lowest BCUT2D eigenvalue weighted by Gasteiger charge is -2.22. The Kier molecular flexibility index (Phi) is 9.42. The summed E-state index contributed by atoms with van der Waals surface area (Å²) in [7, 11) is 1.78. The third-order valence-corrected chi connectivity index (χ3v) is 6.16. The minimum atomic E-state index is -0.442. The van der Waals surface area contributed by atoms with E-state index in [1.807, 2.05) is 43.5 Å². The summed E-state index contributed by atoms with van der Waals surface area (Å²) in [6, 6.07) is 13.9. The number of benzene rings is 2. The molecule has 9 heteroatoms. The maximum absolute atomic E-state index is 12.9. The van der Waals surface area contributed by atoms with Gasteiger partial charge in [-0.05, 0) is 68.7 Å². The highest BCUT2D eigenvalue weighted by Crippen LogP contribution is 2.27. The largest absolute Gasteiger partial charge is 0.382 e. The molecule has 190 valence electrons. The van der Waals surface area contributed by atoms with Crippen LogP contribution in [0.4, 0.5) is 22.1 Å². The fraction of sp³-hybridized carbons (Fsp3) is 0.407. The number of imidazole rings is 1. The Hall–Kier alpha value is -3.90. The number of rotatable bonds is 11. The Labute approximate surface area is 212 Å². The van der Waals surface area contributed by atoms with Crippen molar-refractivity contribution in [1.82, 2.24) is 9.55 Å². The van der Waals surface area contributed by atoms with E-state index >= 15 is 0 Å². The lowest BCUT2D eigenvalue weighted by atomic mass is 10.0. The van der Waals surface area contributed by atoms with Gasteiger partial charge in [-0.3, -0.25) is 10.1 Å². The molecule has 36 heavy (non-hydrogen) atoms. The van der Waals surface area contributed by atoms with Gasteiger partial charge in [0.05, 0.1) is 22.7 Å². The molecule has 0 unspecified atom stereocenters. The molecule has 0 aliphatic carbocycles. The number of amides is 3. The second kappa shape index (κ2) is 12.7. The topological polar surface area (TPSA) is 112 Å². The molecule has 0 aliphatic heterocycles. The molecule has 0 saturated carbocycles. The first-order valence-corrected chi connectivity index (χ1v) is 12.4. The van der Waals surface area contributed by atoms with Crippen LogP contribution >= 0.6 is 0 Å². The zero-order chi connectivity index (χ0) is 26.1. The summed E-state index contributed by atoms with van der Waals surface area (Å²) in [6.07, 6.45) is 2.33. The fourth-order valence-electron chi connectivity index (χ4n) is 4.05. The number of ether oxygens (including phenoxy) is 1. The van der Waals surface area contributed by atoms with Crippen molar-refractivity contribution in [3.8, 4) is 6.07 Å². The number of nitrogens with zero attached hydrogens (tertiary/aromatic N) is 4. The Bertz CT molecular complexity index is 1220. The van der Waals surface area contributed by atoms with Gasteiger partial charge < -0.3 is 19.5 Å². The van der Waals surface area contributed by atoms with Gasteiger partial charge in [0.15, 0.2) is 0 Å². The molecular formula is C27H34N6O3. The van der Waals surface area contributed by atoms with E-state index in [1.165, 1.54) is 0 Å². The Morgan fingerprint density at radius 3 is 2.47 bits per heavy atom. The Balaban J connectivity index is 1.86. The van der Waals surface area contributed by atoms with Crippen LogP contribution in [0.15, 0.2) is 42.5 Å². The summed E-state index contributed by atoms with van der Waals surface area (Å²) in [4.78, 5) is 32.0. The number of hydrogen-bond acceptors (Lipinski definition) is 5. The van der Waals surface area contributed by atoms with Crippen LogP contribution in [-0.2, 0) is 16.1 Å². The molecule has 0 saturated heterocycles. The normalized spacial score (nSPS) is 10.9. The van der Waals surface area contributed by atoms with Crippen LogP contribution in [-0.4, -0.2) is 41.8 Å². The van der Waals surface area contributed by atoms with Gasteiger partial charge in [-0.1, -0.05) is 13.8 Å². The number of fused-ring (bicyclic) bond motifs is 1. The first kappa shape index (κ1) is 26.7. The molecule has 3 amide bonds. The minimum absolute atomic E-state index is 0.0232. The summed E-state index contributed by atoms with van der Waals surface area (Å²) < 4.78 is 7.43. The second-order valence-electron chi connectivity index (χ2n) is 8.49. The number of carbonyl (C=O) groups is 2. The molecule has 0 spiro atoms. The van der Waals surface area contributed by atoms with Crippen LogP contribution in [0.3, 0.4) is 0 Å². The smallest absolute Gasteiger partial charge is 0.326 e. The SMILES string of the molecule is CCOCCCn1c(NC(=O)Nc2ccc(C#N)cc2)nc2cc(N(C)C(=O)C(CC)CC)ccc21. The third-order valence-electron chi connectivity index (χ3n) is 6.16. The van der Waals surface area contributed by atoms with Gasteiger partial charge in [-0.25, -0.2) is 9.78 Å². The van der Waals surface area contributed by atoms with Gasteiger partial charge in [0.2, 0.25) is 11.9 Å². The molecular weight excluding hydrogens is 456 g/mol. The van der Waals surface area contributed by atoms with Crippen molar-refractivity contribution >= 4 is 40.3 Å². The summed E-state index contributed by atoms with van der Waals surface area (Å²) in [5.41, 5.74) is 3.37. The lowest BCUT2D eigenvalue weighted by Crippen LogP contribution is -2.32. The van der Waals surface area contributed by atoms with Crippen molar-refractivity contribution in [3.63, 3.8) is 0 Å². The minimum Gasteiger partial charge on any atom is -0.382 e. The Morgan fingerprint density at radius 2 is 1.83 bits per heavy atom. The highest BCUT2D eigenvalue weighted by molar-refractivity contribution is 6.00. The standard InChI is InChI=1S/C27H34N6O3/c1-5-20(6-2)25(34)32(4)22-13-14-24-23(17-22)30-26(33(24)15-8-16-36-7-3)31-27(35)29-21-11-9-19(18-28)10-12-21/h9-14,17,20H,5-8,15-16H2,1-4H3,(H2,29,30,31,35). The van der Waals surface area contributed by atoms with E-state index in [1.54, 1.807) is 36.2 Å². The molecule has 2 N–H and O–H groups in total. The summed E-state index contributed by atoms with van der Waals surface area (Å²) in [5.74, 6) is 0.458. The number of urea groups is 1. The van der Waals surface area contributed by atoms with Gasteiger partial charge in [0.25, 0.3) is 0 Å². The number of aromatic nitrogens is 2. The van der Waals surface area contributed by atoms with E-state index in [0.29, 0.717) is 42.5 Å². The fourth-order valence-corrected chi connectivity index (χ4v) is 4.05. The average molecular weight is 491 g/mol. The monoisotopic (exact) mass is 490 g/mol. The van der Waals surface area contributed by atoms with Gasteiger partial charge in [-0.15, -0.1) is 0 Å². The second-order valence-corrected chi connectivity index (χ2v) is 8.49. The summed E-state index contributed by atoms with van der Waals surface area (Å²) >= 11 is 0.